The molecule has 1 nitrogen and oxygen atoms in total. The Morgan fingerprint density at radius 1 is 0.897 bits per heavy atom. The van der Waals surface area contributed by atoms with Gasteiger partial charge < -0.3 is 5.11 Å². The van der Waals surface area contributed by atoms with Crippen molar-refractivity contribution in [3.8, 4) is 5.75 Å². The Morgan fingerprint density at radius 2 is 1.45 bits per heavy atom. The first-order valence-corrected chi connectivity index (χ1v) is 11.4. The van der Waals surface area contributed by atoms with Crippen molar-refractivity contribution in [3.63, 3.8) is 0 Å². The van der Waals surface area contributed by atoms with E-state index in [1.165, 1.54) is 36.8 Å². The summed E-state index contributed by atoms with van der Waals surface area (Å²) in [5.74, 6) is 1.22. The van der Waals surface area contributed by atoms with Gasteiger partial charge in [-0.05, 0) is 71.6 Å². The van der Waals surface area contributed by atoms with Crippen LogP contribution in [-0.2, 0) is 10.8 Å². The molecule has 0 aromatic heterocycles. The fraction of sp³-hybridized carbons (Fsp3) is 0.643. The molecule has 0 heterocycles. The molecule has 162 valence electrons. The maximum absolute atomic E-state index is 11.2. The molecule has 1 aromatic carbocycles. The molecule has 0 amide bonds. The van der Waals surface area contributed by atoms with Gasteiger partial charge in [-0.3, -0.25) is 0 Å². The lowest BCUT2D eigenvalue weighted by molar-refractivity contribution is 0.289. The average molecular weight is 397 g/mol. The molecular weight excluding hydrogens is 352 g/mol. The van der Waals surface area contributed by atoms with Crippen molar-refractivity contribution in [2.45, 2.75) is 106 Å². The second-order valence-corrected chi connectivity index (χ2v) is 11.9. The van der Waals surface area contributed by atoms with Crippen LogP contribution < -0.4 is 0 Å². The monoisotopic (exact) mass is 396 g/mol. The quantitative estimate of drug-likeness (QED) is 0.505. The number of phenolic OH excluding ortho intramolecular Hbond substituents is 1. The molecule has 1 aromatic rings. The van der Waals surface area contributed by atoms with E-state index in [2.05, 4.69) is 93.5 Å². The number of aromatic hydroxyl groups is 1. The average Bonchev–Trinajstić information content (AvgIpc) is 3.12. The predicted molar refractivity (Wildman–Crippen MR) is 129 cm³/mol. The van der Waals surface area contributed by atoms with Crippen LogP contribution in [0, 0.1) is 11.3 Å². The van der Waals surface area contributed by atoms with Crippen molar-refractivity contribution in [3.05, 3.63) is 46.5 Å². The highest BCUT2D eigenvalue weighted by molar-refractivity contribution is 5.75. The Labute approximate surface area is 180 Å². The van der Waals surface area contributed by atoms with E-state index < -0.39 is 0 Å². The first-order chi connectivity index (χ1) is 13.1. The molecule has 0 unspecified atom stereocenters. The van der Waals surface area contributed by atoms with Crippen molar-refractivity contribution in [2.24, 2.45) is 11.3 Å². The van der Waals surface area contributed by atoms with Crippen molar-refractivity contribution in [1.82, 2.24) is 0 Å². The molecule has 0 aliphatic heterocycles. The summed E-state index contributed by atoms with van der Waals surface area (Å²) >= 11 is 0. The third kappa shape index (κ3) is 5.56. The zero-order valence-corrected chi connectivity index (χ0v) is 20.7. The van der Waals surface area contributed by atoms with Crippen LogP contribution in [0.25, 0.3) is 5.57 Å². The van der Waals surface area contributed by atoms with Crippen molar-refractivity contribution < 1.29 is 5.11 Å². The Hall–Kier alpha value is -1.50. The van der Waals surface area contributed by atoms with Crippen molar-refractivity contribution in [2.75, 3.05) is 0 Å². The van der Waals surface area contributed by atoms with Gasteiger partial charge >= 0.3 is 0 Å². The lowest BCUT2D eigenvalue weighted by atomic mass is 9.76. The molecule has 1 N–H and O–H groups in total. The lowest BCUT2D eigenvalue weighted by Gasteiger charge is -2.29. The molecule has 0 spiro atoms. The van der Waals surface area contributed by atoms with Gasteiger partial charge in [-0.1, -0.05) is 86.4 Å². The zero-order chi connectivity index (χ0) is 22.2. The van der Waals surface area contributed by atoms with Gasteiger partial charge in [0.15, 0.2) is 0 Å². The van der Waals surface area contributed by atoms with Crippen LogP contribution in [0.2, 0.25) is 0 Å². The maximum Gasteiger partial charge on any atom is 0.126 e. The largest absolute Gasteiger partial charge is 0.507 e. The SMILES string of the molecule is CC(C=CC(C)(C)C1CCCC1)=C(C)c1cc(C(C)(C)C)cc(C(C)(C)C)c1O. The first-order valence-electron chi connectivity index (χ1n) is 11.4. The molecule has 1 saturated carbocycles. The second-order valence-electron chi connectivity index (χ2n) is 11.9. The number of benzene rings is 1. The first kappa shape index (κ1) is 23.8. The Morgan fingerprint density at radius 3 is 1.93 bits per heavy atom. The second kappa shape index (κ2) is 8.32. The lowest BCUT2D eigenvalue weighted by Crippen LogP contribution is -2.18. The van der Waals surface area contributed by atoms with Crippen LogP contribution in [0.1, 0.15) is 112 Å². The fourth-order valence-electron chi connectivity index (χ4n) is 4.41. The summed E-state index contributed by atoms with van der Waals surface area (Å²) in [4.78, 5) is 0. The van der Waals surface area contributed by atoms with Crippen molar-refractivity contribution >= 4 is 5.57 Å². The van der Waals surface area contributed by atoms with E-state index in [4.69, 9.17) is 0 Å². The number of hydrogen-bond donors (Lipinski definition) is 1. The molecule has 1 heteroatoms. The summed E-state index contributed by atoms with van der Waals surface area (Å²) < 4.78 is 0. The Bertz CT molecular complexity index is 785. The van der Waals surface area contributed by atoms with Crippen LogP contribution in [0.3, 0.4) is 0 Å². The number of phenols is 1. The maximum atomic E-state index is 11.2. The summed E-state index contributed by atoms with van der Waals surface area (Å²) in [5.41, 5.74) is 5.84. The minimum atomic E-state index is -0.103. The molecule has 1 fully saturated rings. The van der Waals surface area contributed by atoms with Gasteiger partial charge in [0, 0.05) is 11.1 Å². The molecule has 0 atom stereocenters. The van der Waals surface area contributed by atoms with Gasteiger partial charge in [-0.2, -0.15) is 0 Å². The molecule has 1 aliphatic carbocycles. The molecule has 0 bridgehead atoms. The van der Waals surface area contributed by atoms with Crippen LogP contribution >= 0.6 is 0 Å². The Kier molecular flexibility index (Phi) is 6.82. The van der Waals surface area contributed by atoms with E-state index in [0.29, 0.717) is 5.75 Å². The van der Waals surface area contributed by atoms with Crippen LogP contribution in [0.5, 0.6) is 5.75 Å². The molecule has 29 heavy (non-hydrogen) atoms. The summed E-state index contributed by atoms with van der Waals surface area (Å²) in [7, 11) is 0. The molecule has 0 saturated heterocycles. The van der Waals surface area contributed by atoms with Crippen molar-refractivity contribution in [1.29, 1.82) is 0 Å². The highest BCUT2D eigenvalue weighted by Gasteiger charge is 2.29. The summed E-state index contributed by atoms with van der Waals surface area (Å²) in [5, 5.41) is 11.2. The minimum absolute atomic E-state index is 0.0386. The summed E-state index contributed by atoms with van der Waals surface area (Å²) in [6.07, 6.45) is 10.1. The van der Waals surface area contributed by atoms with Gasteiger partial charge in [-0.15, -0.1) is 0 Å². The third-order valence-corrected chi connectivity index (χ3v) is 6.95. The van der Waals surface area contributed by atoms with Crippen LogP contribution in [0.4, 0.5) is 0 Å². The van der Waals surface area contributed by atoms with E-state index in [9.17, 15) is 5.11 Å². The third-order valence-electron chi connectivity index (χ3n) is 6.95. The number of hydrogen-bond acceptors (Lipinski definition) is 1. The molecule has 0 radical (unpaired) electrons. The standard InChI is InChI=1S/C28H44O/c1-19(15-16-28(9,10)21-13-11-12-14-21)20(2)23-17-22(26(3,4)5)18-24(25(23)29)27(6,7)8/h15-18,21,29H,11-14H2,1-10H3. The van der Waals surface area contributed by atoms with Gasteiger partial charge in [0.2, 0.25) is 0 Å². The number of allylic oxidation sites excluding steroid dienone is 4. The molecule has 2 rings (SSSR count). The smallest absolute Gasteiger partial charge is 0.126 e. The van der Waals surface area contributed by atoms with E-state index in [-0.39, 0.29) is 16.2 Å². The summed E-state index contributed by atoms with van der Waals surface area (Å²) in [6.45, 7) is 22.3. The molecule has 1 aliphatic rings. The Balaban J connectivity index is 2.52. The van der Waals surface area contributed by atoms with E-state index in [1.807, 2.05) is 0 Å². The van der Waals surface area contributed by atoms with Crippen LogP contribution in [-0.4, -0.2) is 5.11 Å². The fourth-order valence-corrected chi connectivity index (χ4v) is 4.41. The highest BCUT2D eigenvalue weighted by Crippen LogP contribution is 2.42. The number of rotatable bonds is 4. The highest BCUT2D eigenvalue weighted by atomic mass is 16.3. The zero-order valence-electron chi connectivity index (χ0n) is 20.7. The van der Waals surface area contributed by atoms with E-state index >= 15 is 0 Å². The van der Waals surface area contributed by atoms with Crippen LogP contribution in [0.15, 0.2) is 29.9 Å². The van der Waals surface area contributed by atoms with Gasteiger partial charge in [0.05, 0.1) is 0 Å². The normalized spacial score (nSPS) is 17.9. The van der Waals surface area contributed by atoms with Gasteiger partial charge in [0.1, 0.15) is 5.75 Å². The topological polar surface area (TPSA) is 20.2 Å². The minimum Gasteiger partial charge on any atom is -0.507 e. The van der Waals surface area contributed by atoms with Gasteiger partial charge in [-0.25, -0.2) is 0 Å². The predicted octanol–water partition coefficient (Wildman–Crippen LogP) is 8.55. The van der Waals surface area contributed by atoms with E-state index in [0.717, 1.165) is 22.6 Å². The molecular formula is C28H44O. The summed E-state index contributed by atoms with van der Waals surface area (Å²) in [6, 6.07) is 4.39. The van der Waals surface area contributed by atoms with Gasteiger partial charge in [0.25, 0.3) is 0 Å². The van der Waals surface area contributed by atoms with E-state index in [1.54, 1.807) is 0 Å².